The Hall–Kier alpha value is 0.310. The third kappa shape index (κ3) is 1.87. The Morgan fingerprint density at radius 3 is 2.89 bits per heavy atom. The zero-order valence-electron chi connectivity index (χ0n) is 6.18. The molecule has 0 aromatic carbocycles. The topological polar surface area (TPSA) is 12.0 Å². The van der Waals surface area contributed by atoms with E-state index in [-0.39, 0.29) is 0 Å². The second-order valence-corrected chi connectivity index (χ2v) is 3.69. The fourth-order valence-corrected chi connectivity index (χ4v) is 2.11. The molecule has 1 aliphatic heterocycles. The van der Waals surface area contributed by atoms with E-state index in [4.69, 9.17) is 0 Å². The van der Waals surface area contributed by atoms with Gasteiger partial charge >= 0.3 is 0 Å². The van der Waals surface area contributed by atoms with Crippen LogP contribution in [0.3, 0.4) is 0 Å². The normalized spacial score (nSPS) is 35.3. The zero-order chi connectivity index (χ0) is 6.69. The van der Waals surface area contributed by atoms with Gasteiger partial charge in [0.15, 0.2) is 0 Å². The average Bonchev–Trinajstić information content (AvgIpc) is 2.18. The molecule has 1 fully saturated rings. The van der Waals surface area contributed by atoms with Gasteiger partial charge in [0.2, 0.25) is 0 Å². The fourth-order valence-electron chi connectivity index (χ4n) is 1.30. The van der Waals surface area contributed by atoms with Gasteiger partial charge in [0, 0.05) is 11.8 Å². The van der Waals surface area contributed by atoms with Gasteiger partial charge in [-0.15, -0.1) is 0 Å². The lowest BCUT2D eigenvalue weighted by Gasteiger charge is -2.12. The fraction of sp³-hybridized carbons (Fsp3) is 1.00. The third-order valence-electron chi connectivity index (χ3n) is 2.04. The number of hydrogen-bond acceptors (Lipinski definition) is 2. The summed E-state index contributed by atoms with van der Waals surface area (Å²) in [6.45, 7) is 3.56. The van der Waals surface area contributed by atoms with Crippen LogP contribution >= 0.6 is 11.8 Å². The lowest BCUT2D eigenvalue weighted by atomic mass is 10.1. The van der Waals surface area contributed by atoms with Crippen LogP contribution in [0.4, 0.5) is 0 Å². The first-order chi connectivity index (χ1) is 4.34. The summed E-state index contributed by atoms with van der Waals surface area (Å²) in [5, 5.41) is 3.49. The van der Waals surface area contributed by atoms with Crippen LogP contribution in [-0.4, -0.2) is 24.6 Å². The van der Waals surface area contributed by atoms with Gasteiger partial charge in [0.25, 0.3) is 0 Å². The minimum absolute atomic E-state index is 0.792. The molecule has 2 atom stereocenters. The van der Waals surface area contributed by atoms with E-state index in [0.717, 1.165) is 12.0 Å². The smallest absolute Gasteiger partial charge is 0.0184 e. The Morgan fingerprint density at radius 1 is 1.67 bits per heavy atom. The van der Waals surface area contributed by atoms with E-state index >= 15 is 0 Å². The molecule has 0 unspecified atom stereocenters. The Morgan fingerprint density at radius 2 is 2.44 bits per heavy atom. The molecule has 1 heterocycles. The first-order valence-electron chi connectivity index (χ1n) is 3.57. The van der Waals surface area contributed by atoms with Crippen LogP contribution in [-0.2, 0) is 0 Å². The third-order valence-corrected chi connectivity index (χ3v) is 2.73. The minimum Gasteiger partial charge on any atom is -0.313 e. The molecule has 1 N–H and O–H groups in total. The molecule has 9 heavy (non-hydrogen) atoms. The average molecular weight is 145 g/mol. The standard InChI is InChI=1S/C7H15NS/c1-6-3-4-8-7(6)5-9-2/h6-8H,3-5H2,1-2H3/t6-,7+/m1/s1. The van der Waals surface area contributed by atoms with E-state index in [1.54, 1.807) is 0 Å². The molecule has 0 aliphatic carbocycles. The van der Waals surface area contributed by atoms with Gasteiger partial charge in [0.1, 0.15) is 0 Å². The molecule has 0 aromatic rings. The number of nitrogens with one attached hydrogen (secondary N) is 1. The first kappa shape index (κ1) is 7.42. The molecule has 54 valence electrons. The first-order valence-corrected chi connectivity index (χ1v) is 4.96. The van der Waals surface area contributed by atoms with Crippen molar-refractivity contribution >= 4 is 11.8 Å². The summed E-state index contributed by atoms with van der Waals surface area (Å²) in [5.41, 5.74) is 0. The van der Waals surface area contributed by atoms with Crippen molar-refractivity contribution in [2.45, 2.75) is 19.4 Å². The molecule has 0 saturated carbocycles. The molecule has 0 amide bonds. The Kier molecular flexibility index (Phi) is 2.86. The van der Waals surface area contributed by atoms with Gasteiger partial charge in [-0.2, -0.15) is 11.8 Å². The SMILES string of the molecule is CSC[C@@H]1NCC[C@H]1C. The van der Waals surface area contributed by atoms with Gasteiger partial charge in [-0.05, 0) is 25.1 Å². The lowest BCUT2D eigenvalue weighted by molar-refractivity contribution is 0.526. The quantitative estimate of drug-likeness (QED) is 0.629. The Bertz CT molecular complexity index is 85.0. The van der Waals surface area contributed by atoms with Crippen molar-refractivity contribution in [1.82, 2.24) is 5.32 Å². The van der Waals surface area contributed by atoms with Crippen LogP contribution in [0.5, 0.6) is 0 Å². The highest BCUT2D eigenvalue weighted by Gasteiger charge is 2.21. The van der Waals surface area contributed by atoms with Crippen molar-refractivity contribution < 1.29 is 0 Å². The summed E-state index contributed by atoms with van der Waals surface area (Å²) in [4.78, 5) is 0. The second-order valence-electron chi connectivity index (χ2n) is 2.78. The molecule has 0 radical (unpaired) electrons. The summed E-state index contributed by atoms with van der Waals surface area (Å²) < 4.78 is 0. The van der Waals surface area contributed by atoms with E-state index in [1.165, 1.54) is 18.7 Å². The molecule has 2 heteroatoms. The maximum Gasteiger partial charge on any atom is 0.0184 e. The summed E-state index contributed by atoms with van der Waals surface area (Å²) in [6, 6.07) is 0.792. The highest BCUT2D eigenvalue weighted by molar-refractivity contribution is 7.98. The van der Waals surface area contributed by atoms with Crippen LogP contribution in [0.25, 0.3) is 0 Å². The highest BCUT2D eigenvalue weighted by Crippen LogP contribution is 2.16. The minimum atomic E-state index is 0.792. The second kappa shape index (κ2) is 3.47. The summed E-state index contributed by atoms with van der Waals surface area (Å²) in [7, 11) is 0. The molecule has 1 saturated heterocycles. The highest BCUT2D eigenvalue weighted by atomic mass is 32.2. The van der Waals surface area contributed by atoms with E-state index < -0.39 is 0 Å². The van der Waals surface area contributed by atoms with Crippen molar-refractivity contribution in [2.24, 2.45) is 5.92 Å². The van der Waals surface area contributed by atoms with Gasteiger partial charge < -0.3 is 5.32 Å². The van der Waals surface area contributed by atoms with Crippen molar-refractivity contribution in [2.75, 3.05) is 18.6 Å². The number of thioether (sulfide) groups is 1. The molecule has 0 bridgehead atoms. The molecular formula is C7H15NS. The van der Waals surface area contributed by atoms with Gasteiger partial charge in [-0.1, -0.05) is 6.92 Å². The number of hydrogen-bond donors (Lipinski definition) is 1. The monoisotopic (exact) mass is 145 g/mol. The predicted octanol–water partition coefficient (Wildman–Crippen LogP) is 1.35. The van der Waals surface area contributed by atoms with Crippen molar-refractivity contribution in [3.8, 4) is 0 Å². The van der Waals surface area contributed by atoms with Crippen LogP contribution in [0.15, 0.2) is 0 Å². The maximum absolute atomic E-state index is 3.49. The van der Waals surface area contributed by atoms with Gasteiger partial charge in [-0.3, -0.25) is 0 Å². The number of rotatable bonds is 2. The van der Waals surface area contributed by atoms with E-state index in [1.807, 2.05) is 11.8 Å². The molecule has 0 spiro atoms. The van der Waals surface area contributed by atoms with Gasteiger partial charge in [0.05, 0.1) is 0 Å². The maximum atomic E-state index is 3.49. The van der Waals surface area contributed by atoms with E-state index in [0.29, 0.717) is 0 Å². The summed E-state index contributed by atoms with van der Waals surface area (Å²) in [5.74, 6) is 2.18. The largest absolute Gasteiger partial charge is 0.313 e. The molecular weight excluding hydrogens is 130 g/mol. The summed E-state index contributed by atoms with van der Waals surface area (Å²) in [6.07, 6.45) is 3.54. The van der Waals surface area contributed by atoms with Crippen LogP contribution < -0.4 is 5.32 Å². The van der Waals surface area contributed by atoms with Crippen molar-refractivity contribution in [1.29, 1.82) is 0 Å². The summed E-state index contributed by atoms with van der Waals surface area (Å²) >= 11 is 1.94. The molecule has 1 nitrogen and oxygen atoms in total. The van der Waals surface area contributed by atoms with Crippen molar-refractivity contribution in [3.63, 3.8) is 0 Å². The van der Waals surface area contributed by atoms with Crippen LogP contribution in [0.1, 0.15) is 13.3 Å². The van der Waals surface area contributed by atoms with E-state index in [2.05, 4.69) is 18.5 Å². The predicted molar refractivity (Wildman–Crippen MR) is 44.0 cm³/mol. The Labute approximate surface area is 61.6 Å². The van der Waals surface area contributed by atoms with Crippen LogP contribution in [0.2, 0.25) is 0 Å². The molecule has 1 aliphatic rings. The van der Waals surface area contributed by atoms with Crippen molar-refractivity contribution in [3.05, 3.63) is 0 Å². The van der Waals surface area contributed by atoms with Gasteiger partial charge in [-0.25, -0.2) is 0 Å². The van der Waals surface area contributed by atoms with Crippen LogP contribution in [0, 0.1) is 5.92 Å². The Balaban J connectivity index is 2.22. The molecule has 0 aromatic heterocycles. The molecule has 1 rings (SSSR count). The van der Waals surface area contributed by atoms with E-state index in [9.17, 15) is 0 Å². The zero-order valence-corrected chi connectivity index (χ0v) is 7.00. The lowest BCUT2D eigenvalue weighted by Crippen LogP contribution is -2.27.